The summed E-state index contributed by atoms with van der Waals surface area (Å²) < 4.78 is 11.4. The maximum absolute atomic E-state index is 11.4. The Hall–Kier alpha value is -0.110. The fraction of sp³-hybridized carbons (Fsp3) is 1.00. The standard InChI is InChI=1S/C3H6FN/c4-3-1-2-5-3/h3,5H,1-2H2/t3-/m1/s1. The molecule has 0 aliphatic carbocycles. The van der Waals surface area contributed by atoms with Crippen molar-refractivity contribution in [3.63, 3.8) is 0 Å². The molecule has 0 aromatic heterocycles. The fourth-order valence-electron chi connectivity index (χ4n) is 0.253. The van der Waals surface area contributed by atoms with Crippen LogP contribution in [0.1, 0.15) is 6.42 Å². The lowest BCUT2D eigenvalue weighted by Crippen LogP contribution is -2.38. The summed E-state index contributed by atoms with van der Waals surface area (Å²) in [7, 11) is 0. The lowest BCUT2D eigenvalue weighted by atomic mass is 10.3. The van der Waals surface area contributed by atoms with Crippen LogP contribution >= 0.6 is 0 Å². The number of nitrogens with one attached hydrogen (secondary N) is 1. The first-order valence-electron chi connectivity index (χ1n) is 1.77. The van der Waals surface area contributed by atoms with E-state index >= 15 is 0 Å². The highest BCUT2D eigenvalue weighted by Gasteiger charge is 2.12. The average molecular weight is 75.1 g/mol. The first-order chi connectivity index (χ1) is 2.39. The molecular formula is C3H6FN. The van der Waals surface area contributed by atoms with Gasteiger partial charge in [0.1, 0.15) is 0 Å². The van der Waals surface area contributed by atoms with Gasteiger partial charge < -0.3 is 0 Å². The Bertz CT molecular complexity index is 33.9. The predicted molar refractivity (Wildman–Crippen MR) is 17.5 cm³/mol. The molecule has 1 rings (SSSR count). The zero-order chi connectivity index (χ0) is 3.70. The molecule has 30 valence electrons. The molecule has 2 heteroatoms. The lowest BCUT2D eigenvalue weighted by Gasteiger charge is -2.17. The summed E-state index contributed by atoms with van der Waals surface area (Å²) in [4.78, 5) is 0. The fourth-order valence-corrected chi connectivity index (χ4v) is 0.253. The van der Waals surface area contributed by atoms with Crippen molar-refractivity contribution in [3.8, 4) is 0 Å². The summed E-state index contributed by atoms with van der Waals surface area (Å²) >= 11 is 0. The van der Waals surface area contributed by atoms with Gasteiger partial charge in [0.2, 0.25) is 0 Å². The summed E-state index contributed by atoms with van der Waals surface area (Å²) in [6, 6.07) is 0. The molecule has 1 nitrogen and oxygen atoms in total. The maximum atomic E-state index is 11.4. The third-order valence-electron chi connectivity index (χ3n) is 0.764. The molecule has 1 aliphatic heterocycles. The van der Waals surface area contributed by atoms with Crippen molar-refractivity contribution in [2.75, 3.05) is 6.54 Å². The third kappa shape index (κ3) is 0.401. The summed E-state index contributed by atoms with van der Waals surface area (Å²) in [5.41, 5.74) is 0. The van der Waals surface area contributed by atoms with E-state index in [4.69, 9.17) is 0 Å². The van der Waals surface area contributed by atoms with Crippen molar-refractivity contribution < 1.29 is 4.39 Å². The molecule has 1 N–H and O–H groups in total. The summed E-state index contributed by atoms with van der Waals surface area (Å²) in [6.45, 7) is 0.862. The van der Waals surface area contributed by atoms with Crippen LogP contribution in [0.15, 0.2) is 0 Å². The second-order valence-electron chi connectivity index (χ2n) is 1.21. The van der Waals surface area contributed by atoms with Gasteiger partial charge in [-0.2, -0.15) is 0 Å². The van der Waals surface area contributed by atoms with Gasteiger partial charge in [0.15, 0.2) is 6.30 Å². The van der Waals surface area contributed by atoms with Crippen LogP contribution in [-0.4, -0.2) is 12.8 Å². The summed E-state index contributed by atoms with van der Waals surface area (Å²) in [5, 5.41) is 2.54. The molecule has 1 fully saturated rings. The van der Waals surface area contributed by atoms with Crippen molar-refractivity contribution in [2.24, 2.45) is 0 Å². The lowest BCUT2D eigenvalue weighted by molar-refractivity contribution is 0.184. The van der Waals surface area contributed by atoms with Crippen molar-refractivity contribution in [3.05, 3.63) is 0 Å². The van der Waals surface area contributed by atoms with Crippen molar-refractivity contribution in [1.29, 1.82) is 0 Å². The van der Waals surface area contributed by atoms with Crippen molar-refractivity contribution in [1.82, 2.24) is 5.32 Å². The van der Waals surface area contributed by atoms with E-state index in [1.54, 1.807) is 0 Å². The number of halogens is 1. The van der Waals surface area contributed by atoms with Gasteiger partial charge in [0.25, 0.3) is 0 Å². The average Bonchev–Trinajstić information content (AvgIpc) is 1.30. The topological polar surface area (TPSA) is 12.0 Å². The van der Waals surface area contributed by atoms with E-state index < -0.39 is 6.30 Å². The van der Waals surface area contributed by atoms with Crippen LogP contribution in [0.2, 0.25) is 0 Å². The highest BCUT2D eigenvalue weighted by Crippen LogP contribution is 1.99. The largest absolute Gasteiger partial charge is 0.288 e. The first-order valence-corrected chi connectivity index (χ1v) is 1.77. The Labute approximate surface area is 30.2 Å². The molecule has 0 radical (unpaired) electrons. The molecule has 0 aromatic rings. The van der Waals surface area contributed by atoms with Gasteiger partial charge in [-0.05, 0) is 0 Å². The molecule has 0 aromatic carbocycles. The van der Waals surface area contributed by atoms with Gasteiger partial charge in [0.05, 0.1) is 0 Å². The normalized spacial score (nSPS) is 36.6. The van der Waals surface area contributed by atoms with Crippen LogP contribution in [0.25, 0.3) is 0 Å². The molecule has 0 saturated carbocycles. The molecular weight excluding hydrogens is 69.0 g/mol. The van der Waals surface area contributed by atoms with Crippen LogP contribution in [0, 0.1) is 0 Å². The van der Waals surface area contributed by atoms with Gasteiger partial charge in [-0.15, -0.1) is 0 Å². The van der Waals surface area contributed by atoms with Crippen LogP contribution in [0.3, 0.4) is 0 Å². The first kappa shape index (κ1) is 3.09. The van der Waals surface area contributed by atoms with E-state index in [9.17, 15) is 4.39 Å². The van der Waals surface area contributed by atoms with Gasteiger partial charge in [-0.25, -0.2) is 4.39 Å². The Balaban J connectivity index is 2.08. The Kier molecular flexibility index (Phi) is 0.580. The molecule has 0 unspecified atom stereocenters. The Morgan fingerprint density at radius 2 is 2.20 bits per heavy atom. The van der Waals surface area contributed by atoms with E-state index in [1.165, 1.54) is 0 Å². The molecule has 1 atom stereocenters. The third-order valence-corrected chi connectivity index (χ3v) is 0.764. The Morgan fingerprint density at radius 3 is 2.20 bits per heavy atom. The van der Waals surface area contributed by atoms with Gasteiger partial charge in [-0.3, -0.25) is 5.32 Å². The molecule has 0 amide bonds. The summed E-state index contributed by atoms with van der Waals surface area (Å²) in [5.74, 6) is 0. The van der Waals surface area contributed by atoms with E-state index in [2.05, 4.69) is 5.32 Å². The SMILES string of the molecule is F[C@H]1CCN1. The molecule has 5 heavy (non-hydrogen) atoms. The zero-order valence-corrected chi connectivity index (χ0v) is 2.87. The quantitative estimate of drug-likeness (QED) is 0.408. The second kappa shape index (κ2) is 0.937. The van der Waals surface area contributed by atoms with E-state index in [0.717, 1.165) is 6.54 Å². The summed E-state index contributed by atoms with van der Waals surface area (Å²) in [6.07, 6.45) is 0.0231. The van der Waals surface area contributed by atoms with E-state index in [0.29, 0.717) is 6.42 Å². The van der Waals surface area contributed by atoms with Crippen LogP contribution < -0.4 is 5.32 Å². The predicted octanol–water partition coefficient (Wildman–Crippen LogP) is 0.275. The number of hydrogen-bond acceptors (Lipinski definition) is 1. The van der Waals surface area contributed by atoms with Crippen molar-refractivity contribution >= 4 is 0 Å². The van der Waals surface area contributed by atoms with Gasteiger partial charge >= 0.3 is 0 Å². The minimum absolute atomic E-state index is 0.685. The minimum atomic E-state index is -0.685. The molecule has 0 spiro atoms. The van der Waals surface area contributed by atoms with Crippen molar-refractivity contribution in [2.45, 2.75) is 12.7 Å². The molecule has 1 aliphatic rings. The second-order valence-corrected chi connectivity index (χ2v) is 1.21. The van der Waals surface area contributed by atoms with E-state index in [-0.39, 0.29) is 0 Å². The Morgan fingerprint density at radius 1 is 1.80 bits per heavy atom. The zero-order valence-electron chi connectivity index (χ0n) is 2.87. The van der Waals surface area contributed by atoms with Crippen LogP contribution in [-0.2, 0) is 0 Å². The van der Waals surface area contributed by atoms with E-state index in [1.807, 2.05) is 0 Å². The number of rotatable bonds is 0. The minimum Gasteiger partial charge on any atom is -0.288 e. The number of alkyl halides is 1. The maximum Gasteiger partial charge on any atom is 0.152 e. The van der Waals surface area contributed by atoms with Gasteiger partial charge in [0, 0.05) is 13.0 Å². The molecule has 1 heterocycles. The highest BCUT2D eigenvalue weighted by molar-refractivity contribution is 4.64. The highest BCUT2D eigenvalue weighted by atomic mass is 19.1. The smallest absolute Gasteiger partial charge is 0.152 e. The van der Waals surface area contributed by atoms with Gasteiger partial charge in [-0.1, -0.05) is 0 Å². The molecule has 1 saturated heterocycles. The molecule has 0 bridgehead atoms. The monoisotopic (exact) mass is 75.0 g/mol. The van der Waals surface area contributed by atoms with Crippen LogP contribution in [0.5, 0.6) is 0 Å². The van der Waals surface area contributed by atoms with Crippen LogP contribution in [0.4, 0.5) is 4.39 Å². The number of hydrogen-bond donors (Lipinski definition) is 1.